The number of urea groups is 1. The molecule has 1 saturated carbocycles. The Balaban J connectivity index is 1.71. The average molecular weight is 253 g/mol. The first-order valence-electron chi connectivity index (χ1n) is 6.15. The number of nitrogens with one attached hydrogen (secondary N) is 2. The fourth-order valence-corrected chi connectivity index (χ4v) is 1.84. The number of oxazole rings is 1. The van der Waals surface area contributed by atoms with Crippen molar-refractivity contribution in [1.29, 1.82) is 0 Å². The number of amides is 2. The minimum atomic E-state index is -0.701. The number of hydrogen-bond donors (Lipinski definition) is 3. The minimum Gasteiger partial charge on any atom is -0.444 e. The molecule has 100 valence electrons. The monoisotopic (exact) mass is 253 g/mol. The summed E-state index contributed by atoms with van der Waals surface area (Å²) in [6.45, 7) is 4.23. The first-order chi connectivity index (χ1) is 8.48. The Labute approximate surface area is 106 Å². The fourth-order valence-electron chi connectivity index (χ4n) is 1.84. The van der Waals surface area contributed by atoms with Gasteiger partial charge in [0.05, 0.1) is 17.8 Å². The maximum Gasteiger partial charge on any atom is 0.315 e. The Morgan fingerprint density at radius 1 is 1.44 bits per heavy atom. The van der Waals surface area contributed by atoms with Gasteiger partial charge in [0, 0.05) is 6.54 Å². The fraction of sp³-hybridized carbons (Fsp3) is 0.667. The molecule has 3 N–H and O–H groups in total. The van der Waals surface area contributed by atoms with Gasteiger partial charge in [0.1, 0.15) is 5.76 Å². The van der Waals surface area contributed by atoms with Crippen molar-refractivity contribution in [3.8, 4) is 0 Å². The maximum absolute atomic E-state index is 11.5. The normalized spacial score (nSPS) is 17.1. The maximum atomic E-state index is 11.5. The molecule has 0 radical (unpaired) electrons. The molecule has 2 rings (SSSR count). The van der Waals surface area contributed by atoms with E-state index in [9.17, 15) is 9.90 Å². The predicted molar refractivity (Wildman–Crippen MR) is 65.0 cm³/mol. The van der Waals surface area contributed by atoms with Crippen LogP contribution in [0.5, 0.6) is 0 Å². The van der Waals surface area contributed by atoms with Crippen molar-refractivity contribution in [2.75, 3.05) is 6.54 Å². The van der Waals surface area contributed by atoms with Crippen LogP contribution in [0.25, 0.3) is 0 Å². The van der Waals surface area contributed by atoms with Crippen LogP contribution in [0.4, 0.5) is 4.79 Å². The lowest BCUT2D eigenvalue weighted by atomic mass is 9.80. The lowest BCUT2D eigenvalue weighted by Gasteiger charge is -2.36. The second-order valence-electron chi connectivity index (χ2n) is 4.86. The van der Waals surface area contributed by atoms with E-state index in [0.717, 1.165) is 30.7 Å². The summed E-state index contributed by atoms with van der Waals surface area (Å²) in [6.07, 6.45) is 2.53. The van der Waals surface area contributed by atoms with Crippen molar-refractivity contribution < 1.29 is 14.3 Å². The van der Waals surface area contributed by atoms with Gasteiger partial charge in [-0.25, -0.2) is 9.78 Å². The molecule has 6 nitrogen and oxygen atoms in total. The summed E-state index contributed by atoms with van der Waals surface area (Å²) in [5.41, 5.74) is 0.129. The summed E-state index contributed by atoms with van der Waals surface area (Å²) in [5.74, 6) is 1.25. The van der Waals surface area contributed by atoms with E-state index >= 15 is 0 Å². The topological polar surface area (TPSA) is 87.4 Å². The Bertz CT molecular complexity index is 418. The number of nitrogens with zero attached hydrogens (tertiary/aromatic N) is 1. The Hall–Kier alpha value is -1.56. The van der Waals surface area contributed by atoms with Crippen LogP contribution in [0.3, 0.4) is 0 Å². The molecule has 0 atom stereocenters. The number of aryl methyl sites for hydroxylation is 2. The van der Waals surface area contributed by atoms with Gasteiger partial charge in [-0.05, 0) is 33.1 Å². The Morgan fingerprint density at radius 3 is 2.67 bits per heavy atom. The molecule has 0 saturated heterocycles. The van der Waals surface area contributed by atoms with Gasteiger partial charge in [-0.15, -0.1) is 0 Å². The molecule has 0 aliphatic heterocycles. The van der Waals surface area contributed by atoms with Gasteiger partial charge < -0.3 is 20.2 Å². The molecule has 0 unspecified atom stereocenters. The van der Waals surface area contributed by atoms with Gasteiger partial charge >= 0.3 is 6.03 Å². The predicted octanol–water partition coefficient (Wildman–Crippen LogP) is 1.01. The van der Waals surface area contributed by atoms with E-state index in [0.29, 0.717) is 12.4 Å². The number of carbonyl (C=O) groups is 1. The molecular formula is C12H19N3O3. The quantitative estimate of drug-likeness (QED) is 0.747. The number of rotatable bonds is 4. The van der Waals surface area contributed by atoms with Crippen LogP contribution >= 0.6 is 0 Å². The highest BCUT2D eigenvalue weighted by molar-refractivity contribution is 5.73. The SMILES string of the molecule is Cc1nc(CNC(=O)NCC2(O)CCC2)oc1C. The Morgan fingerprint density at radius 2 is 2.17 bits per heavy atom. The first kappa shape index (κ1) is 12.9. The van der Waals surface area contributed by atoms with Crippen molar-refractivity contribution >= 4 is 6.03 Å². The molecule has 0 spiro atoms. The molecule has 1 aliphatic carbocycles. The Kier molecular flexibility index (Phi) is 3.56. The van der Waals surface area contributed by atoms with Crippen molar-refractivity contribution in [2.24, 2.45) is 0 Å². The van der Waals surface area contributed by atoms with Crippen LogP contribution in [0.15, 0.2) is 4.42 Å². The van der Waals surface area contributed by atoms with Crippen LogP contribution in [0, 0.1) is 13.8 Å². The summed E-state index contributed by atoms with van der Waals surface area (Å²) < 4.78 is 5.34. The lowest BCUT2D eigenvalue weighted by molar-refractivity contribution is -0.0290. The molecule has 6 heteroatoms. The summed E-state index contributed by atoms with van der Waals surface area (Å²) in [5, 5.41) is 15.1. The molecule has 1 aromatic heterocycles. The van der Waals surface area contributed by atoms with Crippen LogP contribution in [-0.2, 0) is 6.54 Å². The van der Waals surface area contributed by atoms with Gasteiger partial charge in [0.15, 0.2) is 0 Å². The number of hydrogen-bond acceptors (Lipinski definition) is 4. The van der Waals surface area contributed by atoms with Crippen LogP contribution in [0.2, 0.25) is 0 Å². The van der Waals surface area contributed by atoms with Gasteiger partial charge in [-0.3, -0.25) is 0 Å². The third-order valence-corrected chi connectivity index (χ3v) is 3.34. The van der Waals surface area contributed by atoms with E-state index in [2.05, 4.69) is 15.6 Å². The highest BCUT2D eigenvalue weighted by atomic mass is 16.4. The molecule has 1 fully saturated rings. The summed E-state index contributed by atoms with van der Waals surface area (Å²) in [6, 6.07) is -0.316. The van der Waals surface area contributed by atoms with E-state index in [-0.39, 0.29) is 12.6 Å². The van der Waals surface area contributed by atoms with Crippen LogP contribution < -0.4 is 10.6 Å². The van der Waals surface area contributed by atoms with Crippen molar-refractivity contribution in [2.45, 2.75) is 45.3 Å². The average Bonchev–Trinajstić information content (AvgIpc) is 2.61. The summed E-state index contributed by atoms with van der Waals surface area (Å²) in [4.78, 5) is 15.7. The first-order valence-corrected chi connectivity index (χ1v) is 6.15. The van der Waals surface area contributed by atoms with E-state index in [4.69, 9.17) is 4.42 Å². The van der Waals surface area contributed by atoms with E-state index in [1.807, 2.05) is 13.8 Å². The zero-order valence-electron chi connectivity index (χ0n) is 10.7. The molecule has 2 amide bonds. The van der Waals surface area contributed by atoms with Gasteiger partial charge in [0.2, 0.25) is 5.89 Å². The molecule has 1 aromatic rings. The van der Waals surface area contributed by atoms with Crippen molar-refractivity contribution in [3.05, 3.63) is 17.3 Å². The van der Waals surface area contributed by atoms with Gasteiger partial charge in [-0.1, -0.05) is 0 Å². The van der Waals surface area contributed by atoms with E-state index < -0.39 is 5.60 Å². The number of carbonyl (C=O) groups excluding carboxylic acids is 1. The highest BCUT2D eigenvalue weighted by Gasteiger charge is 2.34. The highest BCUT2D eigenvalue weighted by Crippen LogP contribution is 2.30. The molecular weight excluding hydrogens is 234 g/mol. The molecule has 0 aromatic carbocycles. The van der Waals surface area contributed by atoms with Crippen LogP contribution in [0.1, 0.15) is 36.6 Å². The molecule has 0 bridgehead atoms. The standard InChI is InChI=1S/C12H19N3O3/c1-8-9(2)18-10(15-8)6-13-11(16)14-7-12(17)4-3-5-12/h17H,3-7H2,1-2H3,(H2,13,14,16). The zero-order valence-corrected chi connectivity index (χ0v) is 10.7. The third-order valence-electron chi connectivity index (χ3n) is 3.34. The second-order valence-corrected chi connectivity index (χ2v) is 4.86. The number of aromatic nitrogens is 1. The van der Waals surface area contributed by atoms with Gasteiger partial charge in [-0.2, -0.15) is 0 Å². The second kappa shape index (κ2) is 4.97. The third kappa shape index (κ3) is 3.01. The van der Waals surface area contributed by atoms with E-state index in [1.54, 1.807) is 0 Å². The number of aliphatic hydroxyl groups is 1. The summed E-state index contributed by atoms with van der Waals surface area (Å²) in [7, 11) is 0. The largest absolute Gasteiger partial charge is 0.444 e. The van der Waals surface area contributed by atoms with Crippen molar-refractivity contribution in [3.63, 3.8) is 0 Å². The zero-order chi connectivity index (χ0) is 13.2. The molecule has 1 heterocycles. The van der Waals surface area contributed by atoms with E-state index in [1.165, 1.54) is 0 Å². The lowest BCUT2D eigenvalue weighted by Crippen LogP contribution is -2.49. The van der Waals surface area contributed by atoms with Crippen molar-refractivity contribution in [1.82, 2.24) is 15.6 Å². The van der Waals surface area contributed by atoms with Crippen LogP contribution in [-0.4, -0.2) is 28.3 Å². The smallest absolute Gasteiger partial charge is 0.315 e. The minimum absolute atomic E-state index is 0.249. The summed E-state index contributed by atoms with van der Waals surface area (Å²) >= 11 is 0. The molecule has 1 aliphatic rings. The molecule has 18 heavy (non-hydrogen) atoms. The van der Waals surface area contributed by atoms with Gasteiger partial charge in [0.25, 0.3) is 0 Å².